The maximum absolute atomic E-state index is 4.37. The smallest absolute Gasteiger partial charge is 0.147 e. The third-order valence-electron chi connectivity index (χ3n) is 4.47. The van der Waals surface area contributed by atoms with E-state index in [1.54, 1.807) is 0 Å². The van der Waals surface area contributed by atoms with Gasteiger partial charge in [-0.05, 0) is 30.5 Å². The Bertz CT molecular complexity index is 770. The highest BCUT2D eigenvalue weighted by Gasteiger charge is 2.14. The second-order valence-electron chi connectivity index (χ2n) is 5.95. The average Bonchev–Trinajstić information content (AvgIpc) is 3.09. The number of fused-ring (bicyclic) bond motifs is 2. The van der Waals surface area contributed by atoms with E-state index in [0.717, 1.165) is 37.7 Å². The van der Waals surface area contributed by atoms with Gasteiger partial charge in [-0.25, -0.2) is 0 Å². The highest BCUT2D eigenvalue weighted by molar-refractivity contribution is 5.82. The largest absolute Gasteiger partial charge is 0.361 e. The summed E-state index contributed by atoms with van der Waals surface area (Å²) in [6.45, 7) is 2.68. The molecule has 3 heterocycles. The first-order valence-electron chi connectivity index (χ1n) is 8.08. The zero-order valence-electron chi connectivity index (χ0n) is 12.7. The number of nitrogens with zero attached hydrogens (tertiary/aromatic N) is 3. The molecule has 0 atom stereocenters. The number of aromatic amines is 1. The number of aromatic nitrogens is 4. The van der Waals surface area contributed by atoms with Gasteiger partial charge in [0.1, 0.15) is 11.6 Å². The van der Waals surface area contributed by atoms with Crippen molar-refractivity contribution in [1.82, 2.24) is 25.1 Å². The molecule has 0 unspecified atom stereocenters. The van der Waals surface area contributed by atoms with Crippen LogP contribution < -0.4 is 5.32 Å². The van der Waals surface area contributed by atoms with E-state index in [9.17, 15) is 0 Å². The SMILES string of the molecule is c1cc(CNCc2nnc3n2CCCCC3)c2cc[nH]c2c1. The van der Waals surface area contributed by atoms with Crippen LogP contribution in [0.5, 0.6) is 0 Å². The fourth-order valence-electron chi connectivity index (χ4n) is 3.29. The van der Waals surface area contributed by atoms with Crippen LogP contribution >= 0.6 is 0 Å². The van der Waals surface area contributed by atoms with Crippen molar-refractivity contribution >= 4 is 10.9 Å². The monoisotopic (exact) mass is 295 g/mol. The van der Waals surface area contributed by atoms with Crippen LogP contribution in [0.15, 0.2) is 30.5 Å². The molecule has 0 amide bonds. The normalized spacial score (nSPS) is 14.9. The number of aryl methyl sites for hydroxylation is 1. The van der Waals surface area contributed by atoms with Crippen molar-refractivity contribution in [3.05, 3.63) is 47.7 Å². The lowest BCUT2D eigenvalue weighted by Crippen LogP contribution is -2.17. The van der Waals surface area contributed by atoms with E-state index in [4.69, 9.17) is 0 Å². The van der Waals surface area contributed by atoms with Gasteiger partial charge in [-0.1, -0.05) is 18.6 Å². The van der Waals surface area contributed by atoms with Gasteiger partial charge in [-0.2, -0.15) is 0 Å². The van der Waals surface area contributed by atoms with Gasteiger partial charge in [0.05, 0.1) is 6.54 Å². The summed E-state index contributed by atoms with van der Waals surface area (Å²) in [5, 5.41) is 13.5. The zero-order chi connectivity index (χ0) is 14.8. The van der Waals surface area contributed by atoms with E-state index in [2.05, 4.69) is 49.3 Å². The number of benzene rings is 1. The van der Waals surface area contributed by atoms with Crippen molar-refractivity contribution in [3.63, 3.8) is 0 Å². The van der Waals surface area contributed by atoms with E-state index in [0.29, 0.717) is 0 Å². The van der Waals surface area contributed by atoms with Gasteiger partial charge in [-0.3, -0.25) is 0 Å². The summed E-state index contributed by atoms with van der Waals surface area (Å²) in [7, 11) is 0. The number of nitrogens with one attached hydrogen (secondary N) is 2. The molecule has 0 saturated heterocycles. The predicted octanol–water partition coefficient (Wildman–Crippen LogP) is 2.78. The quantitative estimate of drug-likeness (QED) is 0.778. The molecule has 114 valence electrons. The van der Waals surface area contributed by atoms with Crippen LogP contribution in [0.25, 0.3) is 10.9 Å². The predicted molar refractivity (Wildman–Crippen MR) is 86.4 cm³/mol. The number of rotatable bonds is 4. The van der Waals surface area contributed by atoms with Crippen LogP contribution in [0, 0.1) is 0 Å². The fourth-order valence-corrected chi connectivity index (χ4v) is 3.29. The number of hydrogen-bond donors (Lipinski definition) is 2. The average molecular weight is 295 g/mol. The van der Waals surface area contributed by atoms with E-state index < -0.39 is 0 Å². The lowest BCUT2D eigenvalue weighted by Gasteiger charge is -2.09. The van der Waals surface area contributed by atoms with Gasteiger partial charge in [0.15, 0.2) is 0 Å². The molecule has 22 heavy (non-hydrogen) atoms. The van der Waals surface area contributed by atoms with Crippen molar-refractivity contribution in [3.8, 4) is 0 Å². The summed E-state index contributed by atoms with van der Waals surface area (Å²) in [6.07, 6.45) is 6.83. The summed E-state index contributed by atoms with van der Waals surface area (Å²) < 4.78 is 2.30. The van der Waals surface area contributed by atoms with Gasteiger partial charge in [0.25, 0.3) is 0 Å². The molecule has 0 bridgehead atoms. The standard InChI is InChI=1S/C17H21N5/c1-2-7-16-20-21-17(22(16)10-3-1)12-18-11-13-5-4-6-15-14(13)8-9-19-15/h4-6,8-9,18-19H,1-3,7,10-12H2. The number of H-pyrrole nitrogens is 1. The van der Waals surface area contributed by atoms with E-state index in [1.807, 2.05) is 6.20 Å². The van der Waals surface area contributed by atoms with Crippen molar-refractivity contribution in [2.45, 2.75) is 45.3 Å². The molecule has 1 aliphatic heterocycles. The molecule has 0 saturated carbocycles. The summed E-state index contributed by atoms with van der Waals surface area (Å²) in [5.41, 5.74) is 2.50. The minimum Gasteiger partial charge on any atom is -0.361 e. The molecule has 2 aromatic heterocycles. The summed E-state index contributed by atoms with van der Waals surface area (Å²) in [4.78, 5) is 3.26. The van der Waals surface area contributed by atoms with Crippen molar-refractivity contribution in [2.75, 3.05) is 0 Å². The Morgan fingerprint density at radius 2 is 2.09 bits per heavy atom. The van der Waals surface area contributed by atoms with E-state index in [-0.39, 0.29) is 0 Å². The minimum atomic E-state index is 0.772. The minimum absolute atomic E-state index is 0.772. The second-order valence-corrected chi connectivity index (χ2v) is 5.95. The third kappa shape index (κ3) is 2.52. The van der Waals surface area contributed by atoms with E-state index in [1.165, 1.54) is 35.7 Å². The summed E-state index contributed by atoms with van der Waals surface area (Å²) in [5.74, 6) is 2.22. The highest BCUT2D eigenvalue weighted by Crippen LogP contribution is 2.18. The Morgan fingerprint density at radius 3 is 3.09 bits per heavy atom. The van der Waals surface area contributed by atoms with Crippen LogP contribution in [0.1, 0.15) is 36.5 Å². The topological polar surface area (TPSA) is 58.5 Å². The van der Waals surface area contributed by atoms with Gasteiger partial charge < -0.3 is 14.9 Å². The molecule has 4 rings (SSSR count). The molecule has 0 spiro atoms. The van der Waals surface area contributed by atoms with Crippen LogP contribution in [0.2, 0.25) is 0 Å². The molecule has 2 N–H and O–H groups in total. The zero-order valence-corrected chi connectivity index (χ0v) is 12.7. The Morgan fingerprint density at radius 1 is 1.09 bits per heavy atom. The van der Waals surface area contributed by atoms with Crippen molar-refractivity contribution in [2.24, 2.45) is 0 Å². The van der Waals surface area contributed by atoms with Crippen LogP contribution in [-0.2, 0) is 26.1 Å². The Hall–Kier alpha value is -2.14. The van der Waals surface area contributed by atoms with Gasteiger partial charge in [0.2, 0.25) is 0 Å². The molecule has 0 radical (unpaired) electrons. The summed E-state index contributed by atoms with van der Waals surface area (Å²) >= 11 is 0. The third-order valence-corrected chi connectivity index (χ3v) is 4.47. The first-order valence-corrected chi connectivity index (χ1v) is 8.08. The molecule has 1 aliphatic rings. The molecule has 0 aliphatic carbocycles. The first-order chi connectivity index (χ1) is 10.9. The van der Waals surface area contributed by atoms with Crippen molar-refractivity contribution < 1.29 is 0 Å². The molecule has 5 nitrogen and oxygen atoms in total. The van der Waals surface area contributed by atoms with E-state index >= 15 is 0 Å². The molecular formula is C17H21N5. The van der Waals surface area contributed by atoms with Crippen LogP contribution in [-0.4, -0.2) is 19.7 Å². The lowest BCUT2D eigenvalue weighted by atomic mass is 10.1. The summed E-state index contributed by atoms with van der Waals surface area (Å²) in [6, 6.07) is 8.51. The molecule has 1 aromatic carbocycles. The van der Waals surface area contributed by atoms with Gasteiger partial charge >= 0.3 is 0 Å². The van der Waals surface area contributed by atoms with Crippen molar-refractivity contribution in [1.29, 1.82) is 0 Å². The Balaban J connectivity index is 1.45. The maximum Gasteiger partial charge on any atom is 0.147 e. The molecule has 3 aromatic rings. The lowest BCUT2D eigenvalue weighted by molar-refractivity contribution is 0.573. The van der Waals surface area contributed by atoms with Gasteiger partial charge in [-0.15, -0.1) is 10.2 Å². The first kappa shape index (κ1) is 13.5. The fraction of sp³-hybridized carbons (Fsp3) is 0.412. The Kier molecular flexibility index (Phi) is 3.64. The number of hydrogen-bond acceptors (Lipinski definition) is 3. The second kappa shape index (κ2) is 5.93. The highest BCUT2D eigenvalue weighted by atomic mass is 15.3. The van der Waals surface area contributed by atoms with Gasteiger partial charge in [0, 0.05) is 36.6 Å². The maximum atomic E-state index is 4.37. The molecular weight excluding hydrogens is 274 g/mol. The molecule has 5 heteroatoms. The Labute approximate surface area is 129 Å². The van der Waals surface area contributed by atoms with Crippen LogP contribution in [0.4, 0.5) is 0 Å². The molecule has 0 fully saturated rings. The van der Waals surface area contributed by atoms with Crippen LogP contribution in [0.3, 0.4) is 0 Å².